The van der Waals surface area contributed by atoms with Crippen LogP contribution in [-0.2, 0) is 4.79 Å². The monoisotopic (exact) mass is 268 g/mol. The van der Waals surface area contributed by atoms with E-state index in [1.54, 1.807) is 0 Å². The van der Waals surface area contributed by atoms with E-state index in [1.165, 1.54) is 6.42 Å². The molecule has 0 bridgehead atoms. The van der Waals surface area contributed by atoms with Crippen LogP contribution in [-0.4, -0.2) is 29.9 Å². The number of carbonyl (C=O) groups excluding carboxylic acids is 1. The van der Waals surface area contributed by atoms with Crippen molar-refractivity contribution in [2.75, 3.05) is 18.4 Å². The molecule has 0 radical (unpaired) electrons. The topological polar surface area (TPSA) is 32.3 Å². The van der Waals surface area contributed by atoms with Crippen molar-refractivity contribution >= 4 is 11.6 Å². The van der Waals surface area contributed by atoms with Crippen LogP contribution >= 0.6 is 0 Å². The molecule has 1 aromatic carbocycles. The number of nitrogens with one attached hydrogen (secondary N) is 1. The number of amides is 1. The maximum Gasteiger partial charge on any atom is 0.238 e. The third kappa shape index (κ3) is 3.73. The average Bonchev–Trinajstić information content (AvgIpc) is 2.37. The molecule has 0 saturated carbocycles. The number of likely N-dealkylation sites (tertiary alicyclic amines) is 1. The number of rotatable bonds is 3. The van der Waals surface area contributed by atoms with Gasteiger partial charge in [0, 0.05) is 12.1 Å². The fourth-order valence-electron chi connectivity index (χ4n) is 2.36. The smallest absolute Gasteiger partial charge is 0.238 e. The van der Waals surface area contributed by atoms with Gasteiger partial charge < -0.3 is 5.32 Å². The Labute approximate surface area is 111 Å². The lowest BCUT2D eigenvalue weighted by atomic mass is 10.0. The molecule has 1 aliphatic heterocycles. The molecule has 0 unspecified atom stereocenters. The van der Waals surface area contributed by atoms with Crippen molar-refractivity contribution in [2.45, 2.75) is 32.2 Å². The van der Waals surface area contributed by atoms with E-state index in [-0.39, 0.29) is 18.1 Å². The van der Waals surface area contributed by atoms with E-state index >= 15 is 0 Å². The first-order valence-electron chi connectivity index (χ1n) is 6.55. The lowest BCUT2D eigenvalue weighted by Gasteiger charge is -2.32. The second-order valence-corrected chi connectivity index (χ2v) is 4.99. The maximum absolute atomic E-state index is 13.4. The van der Waals surface area contributed by atoms with Crippen molar-refractivity contribution in [1.82, 2.24) is 4.90 Å². The molecule has 0 aliphatic carbocycles. The molecule has 3 nitrogen and oxygen atoms in total. The van der Waals surface area contributed by atoms with Crippen LogP contribution in [0.4, 0.5) is 14.5 Å². The minimum absolute atomic E-state index is 0.102. The number of anilines is 1. The van der Waals surface area contributed by atoms with Gasteiger partial charge in [0.15, 0.2) is 0 Å². The molecule has 5 heteroatoms. The van der Waals surface area contributed by atoms with Gasteiger partial charge in [-0.2, -0.15) is 0 Å². The van der Waals surface area contributed by atoms with Crippen LogP contribution in [0, 0.1) is 11.6 Å². The standard InChI is InChI=1S/C14H18F2N2O/c1-10-4-2-3-7-18(10)9-14(19)17-13-8-11(15)5-6-12(13)16/h5-6,8,10H,2-4,7,9H2,1H3,(H,17,19)/t10-/m1/s1. The summed E-state index contributed by atoms with van der Waals surface area (Å²) in [6.45, 7) is 3.17. The summed E-state index contributed by atoms with van der Waals surface area (Å²) >= 11 is 0. The first-order chi connectivity index (χ1) is 9.06. The van der Waals surface area contributed by atoms with Crippen LogP contribution in [0.3, 0.4) is 0 Å². The van der Waals surface area contributed by atoms with Gasteiger partial charge in [-0.15, -0.1) is 0 Å². The van der Waals surface area contributed by atoms with Gasteiger partial charge in [-0.3, -0.25) is 9.69 Å². The Hall–Kier alpha value is -1.49. The van der Waals surface area contributed by atoms with Crippen LogP contribution in [0.15, 0.2) is 18.2 Å². The Morgan fingerprint density at radius 3 is 2.95 bits per heavy atom. The SMILES string of the molecule is C[C@@H]1CCCCN1CC(=O)Nc1cc(F)ccc1F. The number of halogens is 2. The summed E-state index contributed by atoms with van der Waals surface area (Å²) in [5, 5.41) is 2.42. The van der Waals surface area contributed by atoms with Gasteiger partial charge in [0.05, 0.1) is 12.2 Å². The first-order valence-corrected chi connectivity index (χ1v) is 6.55. The molecule has 1 aliphatic rings. The Morgan fingerprint density at radius 1 is 1.42 bits per heavy atom. The molecule has 1 heterocycles. The summed E-state index contributed by atoms with van der Waals surface area (Å²) in [5.41, 5.74) is -0.102. The second kappa shape index (κ2) is 6.10. The molecule has 1 N–H and O–H groups in total. The number of carbonyl (C=O) groups is 1. The number of nitrogens with zero attached hydrogens (tertiary/aromatic N) is 1. The Kier molecular flexibility index (Phi) is 4.47. The Balaban J connectivity index is 1.95. The molecule has 1 aromatic rings. The molecule has 104 valence electrons. The average molecular weight is 268 g/mol. The summed E-state index contributed by atoms with van der Waals surface area (Å²) in [6.07, 6.45) is 3.32. The van der Waals surface area contributed by atoms with E-state index in [1.807, 2.05) is 0 Å². The van der Waals surface area contributed by atoms with Crippen molar-refractivity contribution in [1.29, 1.82) is 0 Å². The number of benzene rings is 1. The zero-order valence-electron chi connectivity index (χ0n) is 11.0. The highest BCUT2D eigenvalue weighted by Crippen LogP contribution is 2.18. The van der Waals surface area contributed by atoms with Crippen molar-refractivity contribution in [2.24, 2.45) is 0 Å². The van der Waals surface area contributed by atoms with Gasteiger partial charge >= 0.3 is 0 Å². The molecule has 1 amide bonds. The summed E-state index contributed by atoms with van der Waals surface area (Å²) in [5.74, 6) is -1.50. The molecule has 1 atom stereocenters. The van der Waals surface area contributed by atoms with Gasteiger partial charge in [0.25, 0.3) is 0 Å². The minimum Gasteiger partial charge on any atom is -0.322 e. The maximum atomic E-state index is 13.4. The molecule has 1 fully saturated rings. The zero-order valence-corrected chi connectivity index (χ0v) is 11.0. The van der Waals surface area contributed by atoms with Crippen molar-refractivity contribution in [3.8, 4) is 0 Å². The molecule has 0 aromatic heterocycles. The van der Waals surface area contributed by atoms with Gasteiger partial charge in [0.2, 0.25) is 5.91 Å². The van der Waals surface area contributed by atoms with E-state index in [0.717, 1.165) is 37.6 Å². The zero-order chi connectivity index (χ0) is 13.8. The van der Waals surface area contributed by atoms with Gasteiger partial charge in [-0.1, -0.05) is 6.42 Å². The van der Waals surface area contributed by atoms with E-state index < -0.39 is 11.6 Å². The van der Waals surface area contributed by atoms with Gasteiger partial charge in [-0.05, 0) is 38.4 Å². The quantitative estimate of drug-likeness (QED) is 0.914. The van der Waals surface area contributed by atoms with Gasteiger partial charge in [-0.25, -0.2) is 8.78 Å². The normalized spacial score (nSPS) is 20.3. The summed E-state index contributed by atoms with van der Waals surface area (Å²) in [6, 6.07) is 3.39. The molecule has 1 saturated heterocycles. The number of hydrogen-bond donors (Lipinski definition) is 1. The summed E-state index contributed by atoms with van der Waals surface area (Å²) in [4.78, 5) is 13.9. The fourth-order valence-corrected chi connectivity index (χ4v) is 2.36. The van der Waals surface area contributed by atoms with E-state index in [2.05, 4.69) is 17.1 Å². The first kappa shape index (κ1) is 13.9. The highest BCUT2D eigenvalue weighted by Gasteiger charge is 2.20. The highest BCUT2D eigenvalue weighted by atomic mass is 19.1. The lowest BCUT2D eigenvalue weighted by molar-refractivity contribution is -0.118. The molecule has 0 spiro atoms. The van der Waals surface area contributed by atoms with Crippen LogP contribution in [0.2, 0.25) is 0 Å². The van der Waals surface area contributed by atoms with E-state index in [0.29, 0.717) is 6.04 Å². The predicted octanol–water partition coefficient (Wildman–Crippen LogP) is 2.78. The summed E-state index contributed by atoms with van der Waals surface area (Å²) < 4.78 is 26.4. The van der Waals surface area contributed by atoms with E-state index in [4.69, 9.17) is 0 Å². The van der Waals surface area contributed by atoms with Crippen LogP contribution < -0.4 is 5.32 Å². The van der Waals surface area contributed by atoms with Crippen molar-refractivity contribution in [3.63, 3.8) is 0 Å². The number of piperidine rings is 1. The van der Waals surface area contributed by atoms with Crippen molar-refractivity contribution < 1.29 is 13.6 Å². The van der Waals surface area contributed by atoms with Crippen molar-refractivity contribution in [3.05, 3.63) is 29.8 Å². The third-order valence-electron chi connectivity index (χ3n) is 3.49. The number of hydrogen-bond acceptors (Lipinski definition) is 2. The molecule has 19 heavy (non-hydrogen) atoms. The predicted molar refractivity (Wildman–Crippen MR) is 69.9 cm³/mol. The molecule has 2 rings (SSSR count). The summed E-state index contributed by atoms with van der Waals surface area (Å²) in [7, 11) is 0. The Morgan fingerprint density at radius 2 is 2.21 bits per heavy atom. The fraction of sp³-hybridized carbons (Fsp3) is 0.500. The lowest BCUT2D eigenvalue weighted by Crippen LogP contribution is -2.42. The minimum atomic E-state index is -0.624. The Bertz CT molecular complexity index is 465. The molecular weight excluding hydrogens is 250 g/mol. The van der Waals surface area contributed by atoms with E-state index in [9.17, 15) is 13.6 Å². The van der Waals surface area contributed by atoms with Gasteiger partial charge in [0.1, 0.15) is 11.6 Å². The highest BCUT2D eigenvalue weighted by molar-refractivity contribution is 5.92. The van der Waals surface area contributed by atoms with Crippen LogP contribution in [0.25, 0.3) is 0 Å². The van der Waals surface area contributed by atoms with Crippen LogP contribution in [0.1, 0.15) is 26.2 Å². The molecular formula is C14H18F2N2O. The van der Waals surface area contributed by atoms with Crippen LogP contribution in [0.5, 0.6) is 0 Å². The third-order valence-corrected chi connectivity index (χ3v) is 3.49. The largest absolute Gasteiger partial charge is 0.322 e. The second-order valence-electron chi connectivity index (χ2n) is 4.99.